The van der Waals surface area contributed by atoms with Crippen LogP contribution in [0.1, 0.15) is 29.9 Å². The minimum Gasteiger partial charge on any atom is -0.0857 e. The summed E-state index contributed by atoms with van der Waals surface area (Å²) in [5, 5.41) is 0. The number of rotatable bonds is 1. The predicted molar refractivity (Wildman–Crippen MR) is 61.0 cm³/mol. The first-order valence-corrected chi connectivity index (χ1v) is 6.08. The van der Waals surface area contributed by atoms with Gasteiger partial charge in [0.25, 0.3) is 0 Å². The molecule has 0 nitrogen and oxygen atoms in total. The van der Waals surface area contributed by atoms with Crippen molar-refractivity contribution in [3.63, 3.8) is 0 Å². The molecular weight excluding hydrogens is 259 g/mol. The summed E-state index contributed by atoms with van der Waals surface area (Å²) in [6.45, 7) is 0. The van der Waals surface area contributed by atoms with Gasteiger partial charge in [-0.05, 0) is 36.3 Å². The zero-order chi connectivity index (χ0) is 8.39. The Morgan fingerprint density at radius 1 is 1.33 bits per heavy atom. The first kappa shape index (κ1) is 8.54. The molecule has 1 aromatic rings. The number of halogens is 1. The molecule has 0 saturated heterocycles. The van der Waals surface area contributed by atoms with E-state index in [-0.39, 0.29) is 0 Å². The smallest absolute Gasteiger partial charge is 0.00643 e. The predicted octanol–water partition coefficient (Wildman–Crippen LogP) is 3.54. The zero-order valence-corrected chi connectivity index (χ0v) is 9.25. The Kier molecular flexibility index (Phi) is 2.69. The number of hydrogen-bond donors (Lipinski definition) is 0. The molecule has 0 aromatic heterocycles. The van der Waals surface area contributed by atoms with Gasteiger partial charge in [0.15, 0.2) is 0 Å². The van der Waals surface area contributed by atoms with Gasteiger partial charge in [-0.1, -0.05) is 46.9 Å². The molecule has 0 fully saturated rings. The van der Waals surface area contributed by atoms with Gasteiger partial charge >= 0.3 is 0 Å². The summed E-state index contributed by atoms with van der Waals surface area (Å²) in [7, 11) is 0. The lowest BCUT2D eigenvalue weighted by atomic mass is 9.84. The van der Waals surface area contributed by atoms with Crippen LogP contribution < -0.4 is 0 Å². The highest BCUT2D eigenvalue weighted by molar-refractivity contribution is 14.1. The van der Waals surface area contributed by atoms with Crippen LogP contribution in [0.2, 0.25) is 0 Å². The van der Waals surface area contributed by atoms with E-state index >= 15 is 0 Å². The molecule has 2 rings (SSSR count). The van der Waals surface area contributed by atoms with Crippen molar-refractivity contribution in [2.75, 3.05) is 4.43 Å². The molecule has 0 heterocycles. The third kappa shape index (κ3) is 1.51. The minimum absolute atomic E-state index is 0.829. The molecule has 0 radical (unpaired) electrons. The molecule has 64 valence electrons. The van der Waals surface area contributed by atoms with E-state index in [9.17, 15) is 0 Å². The standard InChI is InChI=1S/C11H13I/c12-8-10-6-3-5-9-4-1-2-7-11(9)10/h1-2,4,7,10H,3,5-6,8H2. The number of alkyl halides is 1. The van der Waals surface area contributed by atoms with Gasteiger partial charge in [0.2, 0.25) is 0 Å². The molecule has 0 bridgehead atoms. The lowest BCUT2D eigenvalue weighted by Gasteiger charge is -2.23. The van der Waals surface area contributed by atoms with E-state index < -0.39 is 0 Å². The highest BCUT2D eigenvalue weighted by Crippen LogP contribution is 2.32. The molecular formula is C11H13I. The number of aryl methyl sites for hydroxylation is 1. The van der Waals surface area contributed by atoms with Crippen molar-refractivity contribution in [2.24, 2.45) is 0 Å². The third-order valence-electron chi connectivity index (χ3n) is 2.68. The van der Waals surface area contributed by atoms with E-state index in [1.54, 1.807) is 11.1 Å². The lowest BCUT2D eigenvalue weighted by Crippen LogP contribution is -2.10. The van der Waals surface area contributed by atoms with Gasteiger partial charge < -0.3 is 0 Å². The Morgan fingerprint density at radius 3 is 3.00 bits per heavy atom. The zero-order valence-electron chi connectivity index (χ0n) is 7.09. The molecule has 0 aliphatic heterocycles. The van der Waals surface area contributed by atoms with Crippen molar-refractivity contribution in [3.8, 4) is 0 Å². The number of fused-ring (bicyclic) bond motifs is 1. The van der Waals surface area contributed by atoms with Crippen LogP contribution in [-0.2, 0) is 6.42 Å². The van der Waals surface area contributed by atoms with Gasteiger partial charge in [0, 0.05) is 4.43 Å². The highest BCUT2D eigenvalue weighted by atomic mass is 127. The average molecular weight is 272 g/mol. The molecule has 1 aliphatic carbocycles. The molecule has 1 atom stereocenters. The molecule has 0 saturated carbocycles. The van der Waals surface area contributed by atoms with Crippen LogP contribution in [0, 0.1) is 0 Å². The second-order valence-corrected chi connectivity index (χ2v) is 4.32. The Bertz CT molecular complexity index is 267. The van der Waals surface area contributed by atoms with Crippen LogP contribution in [0.4, 0.5) is 0 Å². The van der Waals surface area contributed by atoms with Gasteiger partial charge in [-0.15, -0.1) is 0 Å². The fourth-order valence-corrected chi connectivity index (χ4v) is 2.93. The molecule has 1 unspecified atom stereocenters. The Labute approximate surface area is 87.5 Å². The van der Waals surface area contributed by atoms with Crippen LogP contribution in [0.5, 0.6) is 0 Å². The van der Waals surface area contributed by atoms with Gasteiger partial charge in [0.1, 0.15) is 0 Å². The summed E-state index contributed by atoms with van der Waals surface area (Å²) in [5.74, 6) is 0.829. The van der Waals surface area contributed by atoms with E-state index in [2.05, 4.69) is 46.9 Å². The molecule has 1 aliphatic rings. The monoisotopic (exact) mass is 272 g/mol. The van der Waals surface area contributed by atoms with Crippen molar-refractivity contribution in [1.82, 2.24) is 0 Å². The summed E-state index contributed by atoms with van der Waals surface area (Å²) >= 11 is 2.50. The van der Waals surface area contributed by atoms with E-state index in [4.69, 9.17) is 0 Å². The van der Waals surface area contributed by atoms with Crippen molar-refractivity contribution in [1.29, 1.82) is 0 Å². The normalized spacial score (nSPS) is 21.9. The van der Waals surface area contributed by atoms with Crippen molar-refractivity contribution in [3.05, 3.63) is 35.4 Å². The fourth-order valence-electron chi connectivity index (χ4n) is 2.01. The molecule has 0 amide bonds. The Hall–Kier alpha value is -0.0500. The molecule has 1 aromatic carbocycles. The maximum atomic E-state index is 2.50. The molecule has 12 heavy (non-hydrogen) atoms. The maximum absolute atomic E-state index is 2.50. The van der Waals surface area contributed by atoms with Gasteiger partial charge in [-0.2, -0.15) is 0 Å². The van der Waals surface area contributed by atoms with Crippen LogP contribution in [0.15, 0.2) is 24.3 Å². The van der Waals surface area contributed by atoms with E-state index in [1.165, 1.54) is 23.7 Å². The number of benzene rings is 1. The van der Waals surface area contributed by atoms with Crippen molar-refractivity contribution in [2.45, 2.75) is 25.2 Å². The fraction of sp³-hybridized carbons (Fsp3) is 0.455. The summed E-state index contributed by atoms with van der Waals surface area (Å²) < 4.78 is 1.27. The van der Waals surface area contributed by atoms with E-state index in [0.29, 0.717) is 0 Å². The van der Waals surface area contributed by atoms with Crippen LogP contribution in [-0.4, -0.2) is 4.43 Å². The maximum Gasteiger partial charge on any atom is 0.00643 e. The largest absolute Gasteiger partial charge is 0.0857 e. The van der Waals surface area contributed by atoms with E-state index in [0.717, 1.165) is 5.92 Å². The molecule has 0 spiro atoms. The lowest BCUT2D eigenvalue weighted by molar-refractivity contribution is 0.601. The minimum atomic E-state index is 0.829. The van der Waals surface area contributed by atoms with Crippen LogP contribution in [0.25, 0.3) is 0 Å². The highest BCUT2D eigenvalue weighted by Gasteiger charge is 2.17. The summed E-state index contributed by atoms with van der Waals surface area (Å²) in [4.78, 5) is 0. The Balaban J connectivity index is 2.37. The third-order valence-corrected chi connectivity index (χ3v) is 3.74. The van der Waals surface area contributed by atoms with Gasteiger partial charge in [-0.25, -0.2) is 0 Å². The Morgan fingerprint density at radius 2 is 2.17 bits per heavy atom. The molecule has 1 heteroatoms. The SMILES string of the molecule is ICC1CCCc2ccccc21. The van der Waals surface area contributed by atoms with E-state index in [1.807, 2.05) is 0 Å². The summed E-state index contributed by atoms with van der Waals surface area (Å²) in [5.41, 5.74) is 3.20. The quantitative estimate of drug-likeness (QED) is 0.542. The first-order chi connectivity index (χ1) is 5.92. The second-order valence-electron chi connectivity index (χ2n) is 3.44. The first-order valence-electron chi connectivity index (χ1n) is 4.55. The topological polar surface area (TPSA) is 0 Å². The van der Waals surface area contributed by atoms with Gasteiger partial charge in [0.05, 0.1) is 0 Å². The summed E-state index contributed by atoms with van der Waals surface area (Å²) in [6.07, 6.45) is 4.06. The van der Waals surface area contributed by atoms with Crippen molar-refractivity contribution < 1.29 is 0 Å². The summed E-state index contributed by atoms with van der Waals surface area (Å²) in [6, 6.07) is 8.92. The van der Waals surface area contributed by atoms with Crippen LogP contribution in [0.3, 0.4) is 0 Å². The van der Waals surface area contributed by atoms with Crippen LogP contribution >= 0.6 is 22.6 Å². The molecule has 0 N–H and O–H groups in total. The second kappa shape index (κ2) is 3.77. The number of hydrogen-bond acceptors (Lipinski definition) is 0. The van der Waals surface area contributed by atoms with Gasteiger partial charge in [-0.3, -0.25) is 0 Å². The van der Waals surface area contributed by atoms with Crippen molar-refractivity contribution >= 4 is 22.6 Å². The average Bonchev–Trinajstić information content (AvgIpc) is 2.17.